The molecule has 0 bridgehead atoms. The fourth-order valence-corrected chi connectivity index (χ4v) is 3.70. The van der Waals surface area contributed by atoms with Crippen LogP contribution in [0.15, 0.2) is 42.7 Å². The van der Waals surface area contributed by atoms with Gasteiger partial charge in [-0.1, -0.05) is 0 Å². The number of fused-ring (bicyclic) bond motifs is 1. The van der Waals surface area contributed by atoms with Gasteiger partial charge >= 0.3 is 6.09 Å². The summed E-state index contributed by atoms with van der Waals surface area (Å²) in [6, 6.07) is 9.46. The van der Waals surface area contributed by atoms with E-state index in [1.54, 1.807) is 15.4 Å². The Labute approximate surface area is 183 Å². The molecular weight excluding hydrogens is 412 g/mol. The zero-order valence-corrected chi connectivity index (χ0v) is 17.6. The van der Waals surface area contributed by atoms with E-state index < -0.39 is 6.09 Å². The van der Waals surface area contributed by atoms with Crippen molar-refractivity contribution >= 4 is 23.2 Å². The molecule has 5 rings (SSSR count). The smallest absolute Gasteiger partial charge is 0.407 e. The second-order valence-corrected chi connectivity index (χ2v) is 7.71. The number of carbonyl (C=O) groups is 1. The van der Waals surface area contributed by atoms with Gasteiger partial charge in [-0.05, 0) is 37.6 Å². The van der Waals surface area contributed by atoms with Crippen molar-refractivity contribution in [1.82, 2.24) is 34.5 Å². The molecule has 0 radical (unpaired) electrons. The summed E-state index contributed by atoms with van der Waals surface area (Å²) in [6.07, 6.45) is 3.41. The predicted octanol–water partition coefficient (Wildman–Crippen LogP) is 2.71. The Hall–Kier alpha value is -4.15. The van der Waals surface area contributed by atoms with E-state index in [-0.39, 0.29) is 6.04 Å². The van der Waals surface area contributed by atoms with Gasteiger partial charge in [0.05, 0.1) is 23.4 Å². The van der Waals surface area contributed by atoms with Gasteiger partial charge in [-0.15, -0.1) is 5.10 Å². The molecule has 4 aromatic rings. The highest BCUT2D eigenvalue weighted by Crippen LogP contribution is 2.31. The van der Waals surface area contributed by atoms with Gasteiger partial charge in [0.15, 0.2) is 17.4 Å². The van der Waals surface area contributed by atoms with Gasteiger partial charge in [-0.3, -0.25) is 4.68 Å². The molecule has 0 aromatic carbocycles. The molecule has 2 N–H and O–H groups in total. The van der Waals surface area contributed by atoms with Crippen LogP contribution < -0.4 is 10.1 Å². The third kappa shape index (κ3) is 3.68. The van der Waals surface area contributed by atoms with E-state index in [2.05, 4.69) is 25.7 Å². The Morgan fingerprint density at radius 1 is 1.25 bits per heavy atom. The fourth-order valence-electron chi connectivity index (χ4n) is 3.70. The molecule has 11 nitrogen and oxygen atoms in total. The van der Waals surface area contributed by atoms with Gasteiger partial charge in [0.2, 0.25) is 0 Å². The Bertz CT molecular complexity index is 1280. The minimum Gasteiger partial charge on any atom is -0.487 e. The van der Waals surface area contributed by atoms with Crippen molar-refractivity contribution in [2.45, 2.75) is 19.4 Å². The van der Waals surface area contributed by atoms with Crippen LogP contribution in [0.3, 0.4) is 0 Å². The largest absolute Gasteiger partial charge is 0.487 e. The lowest BCUT2D eigenvalue weighted by Gasteiger charge is -2.38. The standard InChI is InChI=1S/C21H22N8O3/c1-13-3-4-18(25-24-13)23-19-10-16-9-14(5-8-29(16)26-19)20-17(11-22-27(20)2)32-12-15-6-7-28(15)21(30)31/h3-5,8-11,15H,6-7,12H2,1-2H3,(H,30,31)(H,23,25,26). The van der Waals surface area contributed by atoms with Crippen LogP contribution in [-0.4, -0.2) is 64.9 Å². The maximum atomic E-state index is 11.2. The maximum absolute atomic E-state index is 11.2. The summed E-state index contributed by atoms with van der Waals surface area (Å²) in [4.78, 5) is 12.6. The van der Waals surface area contributed by atoms with E-state index in [1.165, 1.54) is 4.90 Å². The summed E-state index contributed by atoms with van der Waals surface area (Å²) in [5.41, 5.74) is 3.46. The first-order valence-corrected chi connectivity index (χ1v) is 10.2. The zero-order valence-electron chi connectivity index (χ0n) is 17.6. The summed E-state index contributed by atoms with van der Waals surface area (Å²) in [5, 5.41) is 29.3. The SMILES string of the molecule is Cc1ccc(Nc2cc3cc(-c4c(OCC5CCN5C(=O)O)cnn4C)ccn3n2)nn1. The van der Waals surface area contributed by atoms with Crippen molar-refractivity contribution in [1.29, 1.82) is 0 Å². The first kappa shape index (κ1) is 19.8. The normalized spacial score (nSPS) is 15.6. The van der Waals surface area contributed by atoms with Gasteiger partial charge in [0.1, 0.15) is 12.3 Å². The zero-order chi connectivity index (χ0) is 22.2. The van der Waals surface area contributed by atoms with Crippen LogP contribution in [0.5, 0.6) is 5.75 Å². The van der Waals surface area contributed by atoms with Gasteiger partial charge in [0.25, 0.3) is 0 Å². The van der Waals surface area contributed by atoms with Gasteiger partial charge in [0, 0.05) is 31.4 Å². The van der Waals surface area contributed by atoms with Crippen molar-refractivity contribution in [3.8, 4) is 17.0 Å². The lowest BCUT2D eigenvalue weighted by molar-refractivity contribution is 0.0501. The first-order valence-electron chi connectivity index (χ1n) is 10.2. The molecule has 32 heavy (non-hydrogen) atoms. The average Bonchev–Trinajstić information content (AvgIpc) is 3.30. The number of nitrogens with one attached hydrogen (secondary N) is 1. The van der Waals surface area contributed by atoms with Gasteiger partial charge in [-0.25, -0.2) is 9.31 Å². The fraction of sp³-hybridized carbons (Fsp3) is 0.286. The Kier molecular flexibility index (Phi) is 4.85. The molecule has 1 aliphatic heterocycles. The molecule has 164 valence electrons. The van der Waals surface area contributed by atoms with Crippen molar-refractivity contribution in [3.63, 3.8) is 0 Å². The van der Waals surface area contributed by atoms with Crippen LogP contribution >= 0.6 is 0 Å². The van der Waals surface area contributed by atoms with E-state index >= 15 is 0 Å². The van der Waals surface area contributed by atoms with E-state index in [1.807, 2.05) is 50.5 Å². The van der Waals surface area contributed by atoms with E-state index in [0.29, 0.717) is 30.5 Å². The number of rotatable bonds is 6. The molecule has 0 aliphatic carbocycles. The van der Waals surface area contributed by atoms with Crippen molar-refractivity contribution < 1.29 is 14.6 Å². The summed E-state index contributed by atoms with van der Waals surface area (Å²) in [6.45, 7) is 2.73. The van der Waals surface area contributed by atoms with Crippen LogP contribution in [0.1, 0.15) is 12.1 Å². The lowest BCUT2D eigenvalue weighted by Crippen LogP contribution is -2.53. The maximum Gasteiger partial charge on any atom is 0.407 e. The third-order valence-corrected chi connectivity index (χ3v) is 5.52. The van der Waals surface area contributed by atoms with Gasteiger partial charge < -0.3 is 20.1 Å². The van der Waals surface area contributed by atoms with Crippen LogP contribution in [0, 0.1) is 6.92 Å². The number of likely N-dealkylation sites (tertiary alicyclic amines) is 1. The Morgan fingerprint density at radius 2 is 2.12 bits per heavy atom. The topological polar surface area (TPSA) is 123 Å². The Morgan fingerprint density at radius 3 is 2.84 bits per heavy atom. The Balaban J connectivity index is 1.37. The molecule has 4 aromatic heterocycles. The molecule has 1 amide bonds. The first-order chi connectivity index (χ1) is 15.5. The van der Waals surface area contributed by atoms with Crippen molar-refractivity contribution in [2.24, 2.45) is 7.05 Å². The second-order valence-electron chi connectivity index (χ2n) is 7.71. The van der Waals surface area contributed by atoms with E-state index in [9.17, 15) is 9.90 Å². The summed E-state index contributed by atoms with van der Waals surface area (Å²) in [5.74, 6) is 1.88. The van der Waals surface area contributed by atoms with E-state index in [0.717, 1.165) is 28.9 Å². The minimum absolute atomic E-state index is 0.128. The predicted molar refractivity (Wildman–Crippen MR) is 116 cm³/mol. The highest BCUT2D eigenvalue weighted by molar-refractivity contribution is 5.72. The summed E-state index contributed by atoms with van der Waals surface area (Å²) < 4.78 is 9.48. The molecule has 11 heteroatoms. The number of aryl methyl sites for hydroxylation is 2. The number of carboxylic acid groups (broad SMARTS) is 1. The number of nitrogens with zero attached hydrogens (tertiary/aromatic N) is 7. The quantitative estimate of drug-likeness (QED) is 0.475. The highest BCUT2D eigenvalue weighted by atomic mass is 16.5. The molecule has 1 atom stereocenters. The molecule has 1 saturated heterocycles. The monoisotopic (exact) mass is 434 g/mol. The summed E-state index contributed by atoms with van der Waals surface area (Å²) >= 11 is 0. The number of hydrogen-bond acceptors (Lipinski definition) is 7. The minimum atomic E-state index is -0.913. The highest BCUT2D eigenvalue weighted by Gasteiger charge is 2.32. The molecule has 0 spiro atoms. The lowest BCUT2D eigenvalue weighted by atomic mass is 10.1. The third-order valence-electron chi connectivity index (χ3n) is 5.52. The number of hydrogen-bond donors (Lipinski definition) is 2. The molecular formula is C21H22N8O3. The number of anilines is 2. The number of aromatic nitrogens is 6. The second kappa shape index (κ2) is 7.84. The van der Waals surface area contributed by atoms with E-state index in [4.69, 9.17) is 4.74 Å². The van der Waals surface area contributed by atoms with Crippen LogP contribution in [0.2, 0.25) is 0 Å². The molecule has 1 fully saturated rings. The molecule has 1 unspecified atom stereocenters. The summed E-state index contributed by atoms with van der Waals surface area (Å²) in [7, 11) is 1.85. The number of pyridine rings is 1. The van der Waals surface area contributed by atoms with Crippen LogP contribution in [0.4, 0.5) is 16.4 Å². The number of amides is 1. The van der Waals surface area contributed by atoms with Crippen molar-refractivity contribution in [3.05, 3.63) is 48.4 Å². The van der Waals surface area contributed by atoms with Crippen LogP contribution in [0.25, 0.3) is 16.8 Å². The molecule has 5 heterocycles. The van der Waals surface area contributed by atoms with Crippen molar-refractivity contribution in [2.75, 3.05) is 18.5 Å². The average molecular weight is 434 g/mol. The van der Waals surface area contributed by atoms with Gasteiger partial charge in [-0.2, -0.15) is 15.3 Å². The molecule has 1 aliphatic rings. The number of ether oxygens (including phenoxy) is 1. The van der Waals surface area contributed by atoms with Crippen LogP contribution in [-0.2, 0) is 7.05 Å². The molecule has 0 saturated carbocycles.